The molecule has 0 N–H and O–H groups in total. The first-order valence-electron chi connectivity index (χ1n) is 8.88. The summed E-state index contributed by atoms with van der Waals surface area (Å²) in [6.07, 6.45) is 1.84. The van der Waals surface area contributed by atoms with Crippen molar-refractivity contribution in [3.63, 3.8) is 0 Å². The third-order valence-electron chi connectivity index (χ3n) is 4.31. The van der Waals surface area contributed by atoms with Crippen LogP contribution in [0.5, 0.6) is 11.5 Å². The summed E-state index contributed by atoms with van der Waals surface area (Å²) in [7, 11) is 1.59. The van der Waals surface area contributed by atoms with Crippen LogP contribution in [0.15, 0.2) is 42.6 Å². The lowest BCUT2D eigenvalue weighted by molar-refractivity contribution is 0.0746. The summed E-state index contributed by atoms with van der Waals surface area (Å²) in [6, 6.07) is 11.2. The fourth-order valence-electron chi connectivity index (χ4n) is 3.01. The second-order valence-electron chi connectivity index (χ2n) is 6.50. The maximum absolute atomic E-state index is 12.8. The van der Waals surface area contributed by atoms with Gasteiger partial charge in [0.1, 0.15) is 5.82 Å². The molecule has 1 aromatic heterocycles. The van der Waals surface area contributed by atoms with Gasteiger partial charge in [0.15, 0.2) is 11.5 Å². The maximum atomic E-state index is 12.8. The van der Waals surface area contributed by atoms with Crippen molar-refractivity contribution in [2.75, 3.05) is 38.2 Å². The third-order valence-corrected chi connectivity index (χ3v) is 4.31. The Labute approximate surface area is 154 Å². The molecule has 0 saturated carbocycles. The van der Waals surface area contributed by atoms with Crippen LogP contribution in [0.3, 0.4) is 0 Å². The molecule has 1 aliphatic heterocycles. The Morgan fingerprint density at radius 2 is 1.85 bits per heavy atom. The Kier molecular flexibility index (Phi) is 5.61. The maximum Gasteiger partial charge on any atom is 0.254 e. The number of aromatic nitrogens is 1. The van der Waals surface area contributed by atoms with Gasteiger partial charge in [0.05, 0.1) is 13.2 Å². The minimum Gasteiger partial charge on any atom is -0.493 e. The number of pyridine rings is 1. The van der Waals surface area contributed by atoms with Gasteiger partial charge in [-0.15, -0.1) is 0 Å². The summed E-state index contributed by atoms with van der Waals surface area (Å²) >= 11 is 0. The van der Waals surface area contributed by atoms with E-state index in [4.69, 9.17) is 9.47 Å². The summed E-state index contributed by atoms with van der Waals surface area (Å²) in [5, 5.41) is 0. The van der Waals surface area contributed by atoms with Crippen LogP contribution in [0.25, 0.3) is 0 Å². The van der Waals surface area contributed by atoms with Crippen molar-refractivity contribution in [2.24, 2.45) is 0 Å². The summed E-state index contributed by atoms with van der Waals surface area (Å²) < 4.78 is 11.1. The Hall–Kier alpha value is -2.76. The standard InChI is InChI=1S/C20H25N3O3/c1-15(2)26-17-8-7-16(14-18(17)25-3)20(24)23-12-10-22(11-13-23)19-6-4-5-9-21-19/h4-9,14-15H,10-13H2,1-3H3. The highest BCUT2D eigenvalue weighted by Crippen LogP contribution is 2.29. The Balaban J connectivity index is 1.66. The number of anilines is 1. The highest BCUT2D eigenvalue weighted by atomic mass is 16.5. The SMILES string of the molecule is COc1cc(C(=O)N2CCN(c3ccccn3)CC2)ccc1OC(C)C. The zero-order valence-electron chi connectivity index (χ0n) is 15.5. The number of carbonyl (C=O) groups is 1. The first-order chi connectivity index (χ1) is 12.6. The second kappa shape index (κ2) is 8.08. The Bertz CT molecular complexity index is 741. The van der Waals surface area contributed by atoms with Crippen molar-refractivity contribution in [1.82, 2.24) is 9.88 Å². The van der Waals surface area contributed by atoms with Gasteiger partial charge in [-0.1, -0.05) is 6.07 Å². The van der Waals surface area contributed by atoms with E-state index in [0.29, 0.717) is 30.2 Å². The number of rotatable bonds is 5. The summed E-state index contributed by atoms with van der Waals surface area (Å²) in [5.41, 5.74) is 0.615. The van der Waals surface area contributed by atoms with Gasteiger partial charge in [0.25, 0.3) is 5.91 Å². The Morgan fingerprint density at radius 3 is 2.46 bits per heavy atom. The van der Waals surface area contributed by atoms with Crippen LogP contribution in [0.4, 0.5) is 5.82 Å². The van der Waals surface area contributed by atoms with Gasteiger partial charge in [0, 0.05) is 37.9 Å². The number of methoxy groups -OCH3 is 1. The van der Waals surface area contributed by atoms with Gasteiger partial charge < -0.3 is 19.3 Å². The van der Waals surface area contributed by atoms with Crippen LogP contribution in [0.2, 0.25) is 0 Å². The number of piperazine rings is 1. The number of benzene rings is 1. The van der Waals surface area contributed by atoms with Crippen LogP contribution in [-0.4, -0.2) is 55.2 Å². The van der Waals surface area contributed by atoms with Crippen molar-refractivity contribution < 1.29 is 14.3 Å². The zero-order chi connectivity index (χ0) is 18.5. The van der Waals surface area contributed by atoms with Crippen molar-refractivity contribution in [1.29, 1.82) is 0 Å². The van der Waals surface area contributed by atoms with Crippen LogP contribution < -0.4 is 14.4 Å². The number of carbonyl (C=O) groups excluding carboxylic acids is 1. The largest absolute Gasteiger partial charge is 0.493 e. The molecule has 6 nitrogen and oxygen atoms in total. The highest BCUT2D eigenvalue weighted by molar-refractivity contribution is 5.95. The minimum absolute atomic E-state index is 0.0140. The van der Waals surface area contributed by atoms with E-state index in [1.807, 2.05) is 36.9 Å². The molecule has 1 fully saturated rings. The fraction of sp³-hybridized carbons (Fsp3) is 0.400. The van der Waals surface area contributed by atoms with E-state index in [1.54, 1.807) is 31.5 Å². The van der Waals surface area contributed by atoms with E-state index in [-0.39, 0.29) is 12.0 Å². The molecule has 3 rings (SSSR count). The second-order valence-corrected chi connectivity index (χ2v) is 6.50. The molecule has 0 aliphatic carbocycles. The summed E-state index contributed by atoms with van der Waals surface area (Å²) in [4.78, 5) is 21.3. The minimum atomic E-state index is 0.0140. The van der Waals surface area contributed by atoms with Crippen molar-refractivity contribution in [3.05, 3.63) is 48.2 Å². The van der Waals surface area contributed by atoms with E-state index in [1.165, 1.54) is 0 Å². The molecule has 1 amide bonds. The van der Waals surface area contributed by atoms with Crippen molar-refractivity contribution in [3.8, 4) is 11.5 Å². The molecule has 0 radical (unpaired) electrons. The van der Waals surface area contributed by atoms with Crippen molar-refractivity contribution >= 4 is 11.7 Å². The van der Waals surface area contributed by atoms with Gasteiger partial charge in [-0.25, -0.2) is 4.98 Å². The molecule has 6 heteroatoms. The number of amides is 1. The predicted molar refractivity (Wildman–Crippen MR) is 101 cm³/mol. The molecule has 1 aromatic carbocycles. The fourth-order valence-corrected chi connectivity index (χ4v) is 3.01. The third kappa shape index (κ3) is 4.07. The van der Waals surface area contributed by atoms with Crippen LogP contribution in [0, 0.1) is 0 Å². The van der Waals surface area contributed by atoms with Gasteiger partial charge in [0.2, 0.25) is 0 Å². The van der Waals surface area contributed by atoms with E-state index < -0.39 is 0 Å². The molecule has 0 spiro atoms. The normalized spacial score (nSPS) is 14.5. The molecule has 1 saturated heterocycles. The average Bonchev–Trinajstić information content (AvgIpc) is 2.68. The lowest BCUT2D eigenvalue weighted by Crippen LogP contribution is -2.49. The van der Waals surface area contributed by atoms with Gasteiger partial charge in [-0.05, 0) is 44.2 Å². The smallest absolute Gasteiger partial charge is 0.254 e. The summed E-state index contributed by atoms with van der Waals surface area (Å²) in [5.74, 6) is 2.20. The molecule has 2 aromatic rings. The molecule has 26 heavy (non-hydrogen) atoms. The molecular formula is C20H25N3O3. The number of ether oxygens (including phenoxy) is 2. The quantitative estimate of drug-likeness (QED) is 0.825. The molecular weight excluding hydrogens is 330 g/mol. The van der Waals surface area contributed by atoms with E-state index >= 15 is 0 Å². The first kappa shape index (κ1) is 18.0. The first-order valence-corrected chi connectivity index (χ1v) is 8.88. The number of hydrogen-bond acceptors (Lipinski definition) is 5. The molecule has 0 unspecified atom stereocenters. The van der Waals surface area contributed by atoms with Gasteiger partial charge in [-0.2, -0.15) is 0 Å². The number of hydrogen-bond donors (Lipinski definition) is 0. The Morgan fingerprint density at radius 1 is 1.08 bits per heavy atom. The van der Waals surface area contributed by atoms with Crippen LogP contribution in [-0.2, 0) is 0 Å². The van der Waals surface area contributed by atoms with Crippen LogP contribution in [0.1, 0.15) is 24.2 Å². The zero-order valence-corrected chi connectivity index (χ0v) is 15.5. The van der Waals surface area contributed by atoms with E-state index in [2.05, 4.69) is 9.88 Å². The highest BCUT2D eigenvalue weighted by Gasteiger charge is 2.23. The summed E-state index contributed by atoms with van der Waals surface area (Å²) in [6.45, 7) is 6.80. The lowest BCUT2D eigenvalue weighted by Gasteiger charge is -2.35. The van der Waals surface area contributed by atoms with E-state index in [9.17, 15) is 4.79 Å². The molecule has 138 valence electrons. The molecule has 1 aliphatic rings. The topological polar surface area (TPSA) is 54.9 Å². The van der Waals surface area contributed by atoms with Gasteiger partial charge in [-0.3, -0.25) is 4.79 Å². The molecule has 0 atom stereocenters. The van der Waals surface area contributed by atoms with Gasteiger partial charge >= 0.3 is 0 Å². The predicted octanol–water partition coefficient (Wildman–Crippen LogP) is 2.84. The monoisotopic (exact) mass is 355 g/mol. The molecule has 2 heterocycles. The molecule has 0 bridgehead atoms. The van der Waals surface area contributed by atoms with Crippen molar-refractivity contribution in [2.45, 2.75) is 20.0 Å². The number of nitrogens with zero attached hydrogens (tertiary/aromatic N) is 3. The lowest BCUT2D eigenvalue weighted by atomic mass is 10.1. The van der Waals surface area contributed by atoms with E-state index in [0.717, 1.165) is 18.9 Å². The van der Waals surface area contributed by atoms with Crippen LogP contribution >= 0.6 is 0 Å². The average molecular weight is 355 g/mol.